The Hall–Kier alpha value is -3.07. The maximum absolute atomic E-state index is 13.4. The number of likely N-dealkylation sites (N-methyl/N-ethyl adjacent to an activating group) is 1. The first-order valence-corrected chi connectivity index (χ1v) is 12.0. The van der Waals surface area contributed by atoms with Gasteiger partial charge in [0.25, 0.3) is 0 Å². The van der Waals surface area contributed by atoms with E-state index >= 15 is 0 Å². The standard InChI is InChI=1S/C23H31N3O5S/c1-16-10-11-21(17(2)12-16)26(32(6,29)30)15-22(27)25(18(3)23(28)24-4)14-19-8-7-9-20(13-19)31-5/h7-13,18H,14-15H2,1-6H3,(H,24,28)/t18-/m0/s1. The Bertz CT molecular complexity index is 1080. The lowest BCUT2D eigenvalue weighted by atomic mass is 10.1. The van der Waals surface area contributed by atoms with Crippen LogP contribution in [-0.2, 0) is 26.2 Å². The molecule has 0 bridgehead atoms. The number of amides is 2. The average molecular weight is 462 g/mol. The molecule has 0 fully saturated rings. The van der Waals surface area contributed by atoms with Gasteiger partial charge in [0.05, 0.1) is 19.1 Å². The molecule has 9 heteroatoms. The molecule has 0 aliphatic rings. The van der Waals surface area contributed by atoms with E-state index in [4.69, 9.17) is 4.74 Å². The fourth-order valence-corrected chi connectivity index (χ4v) is 4.35. The summed E-state index contributed by atoms with van der Waals surface area (Å²) in [5.41, 5.74) is 2.91. The Morgan fingerprint density at radius 2 is 1.81 bits per heavy atom. The quantitative estimate of drug-likeness (QED) is 0.618. The number of methoxy groups -OCH3 is 1. The predicted molar refractivity (Wildman–Crippen MR) is 125 cm³/mol. The third-order valence-electron chi connectivity index (χ3n) is 5.20. The number of carbonyl (C=O) groups excluding carboxylic acids is 2. The highest BCUT2D eigenvalue weighted by molar-refractivity contribution is 7.92. The molecule has 32 heavy (non-hydrogen) atoms. The van der Waals surface area contributed by atoms with Gasteiger partial charge in [-0.1, -0.05) is 29.8 Å². The number of rotatable bonds is 9. The lowest BCUT2D eigenvalue weighted by Gasteiger charge is -2.31. The molecule has 0 aliphatic heterocycles. The van der Waals surface area contributed by atoms with Gasteiger partial charge in [0.2, 0.25) is 21.8 Å². The molecule has 0 saturated carbocycles. The number of hydrogen-bond acceptors (Lipinski definition) is 5. The van der Waals surface area contributed by atoms with Crippen molar-refractivity contribution in [1.29, 1.82) is 0 Å². The van der Waals surface area contributed by atoms with Gasteiger partial charge >= 0.3 is 0 Å². The summed E-state index contributed by atoms with van der Waals surface area (Å²) in [5, 5.41) is 2.55. The highest BCUT2D eigenvalue weighted by Crippen LogP contribution is 2.24. The van der Waals surface area contributed by atoms with Crippen LogP contribution >= 0.6 is 0 Å². The molecule has 0 radical (unpaired) electrons. The van der Waals surface area contributed by atoms with Crippen molar-refractivity contribution in [3.8, 4) is 5.75 Å². The highest BCUT2D eigenvalue weighted by Gasteiger charge is 2.30. The molecular weight excluding hydrogens is 430 g/mol. The zero-order valence-corrected chi connectivity index (χ0v) is 20.2. The molecule has 2 amide bonds. The summed E-state index contributed by atoms with van der Waals surface area (Å²) in [6, 6.07) is 11.7. The molecule has 1 atom stereocenters. The van der Waals surface area contributed by atoms with E-state index in [1.54, 1.807) is 51.3 Å². The molecular formula is C23H31N3O5S. The van der Waals surface area contributed by atoms with E-state index in [2.05, 4.69) is 5.32 Å². The SMILES string of the molecule is CNC(=O)[C@H](C)N(Cc1cccc(OC)c1)C(=O)CN(c1ccc(C)cc1C)S(C)(=O)=O. The number of aryl methyl sites for hydroxylation is 2. The zero-order valence-electron chi connectivity index (χ0n) is 19.4. The van der Waals surface area contributed by atoms with Gasteiger partial charge in [-0.2, -0.15) is 0 Å². The van der Waals surface area contributed by atoms with Crippen molar-refractivity contribution in [1.82, 2.24) is 10.2 Å². The van der Waals surface area contributed by atoms with Crippen LogP contribution in [0, 0.1) is 13.8 Å². The maximum atomic E-state index is 13.4. The van der Waals surface area contributed by atoms with Crippen LogP contribution in [0.5, 0.6) is 5.75 Å². The topological polar surface area (TPSA) is 96.0 Å². The Morgan fingerprint density at radius 3 is 2.38 bits per heavy atom. The van der Waals surface area contributed by atoms with Crippen LogP contribution in [-0.4, -0.2) is 58.1 Å². The van der Waals surface area contributed by atoms with Crippen molar-refractivity contribution in [2.75, 3.05) is 31.3 Å². The molecule has 0 saturated heterocycles. The maximum Gasteiger partial charge on any atom is 0.244 e. The zero-order chi connectivity index (χ0) is 24.1. The van der Waals surface area contributed by atoms with Crippen molar-refractivity contribution in [3.05, 3.63) is 59.2 Å². The molecule has 0 spiro atoms. The predicted octanol–water partition coefficient (Wildman–Crippen LogP) is 2.24. The number of nitrogens with one attached hydrogen (secondary N) is 1. The van der Waals surface area contributed by atoms with Gasteiger partial charge in [-0.3, -0.25) is 13.9 Å². The van der Waals surface area contributed by atoms with Gasteiger partial charge in [0.1, 0.15) is 18.3 Å². The van der Waals surface area contributed by atoms with Crippen LogP contribution in [0.1, 0.15) is 23.6 Å². The van der Waals surface area contributed by atoms with E-state index in [1.807, 2.05) is 19.1 Å². The van der Waals surface area contributed by atoms with Gasteiger partial charge in [-0.15, -0.1) is 0 Å². The van der Waals surface area contributed by atoms with E-state index in [1.165, 1.54) is 11.9 Å². The molecule has 0 heterocycles. The number of hydrogen-bond donors (Lipinski definition) is 1. The van der Waals surface area contributed by atoms with E-state index < -0.39 is 28.5 Å². The summed E-state index contributed by atoms with van der Waals surface area (Å²) < 4.78 is 31.5. The van der Waals surface area contributed by atoms with Crippen molar-refractivity contribution < 1.29 is 22.7 Å². The van der Waals surface area contributed by atoms with Crippen LogP contribution in [0.4, 0.5) is 5.69 Å². The van der Waals surface area contributed by atoms with Crippen molar-refractivity contribution in [3.63, 3.8) is 0 Å². The van der Waals surface area contributed by atoms with Gasteiger partial charge in [-0.05, 0) is 50.1 Å². The number of ether oxygens (including phenoxy) is 1. The molecule has 2 rings (SSSR count). The largest absolute Gasteiger partial charge is 0.497 e. The first kappa shape index (κ1) is 25.2. The Morgan fingerprint density at radius 1 is 1.12 bits per heavy atom. The summed E-state index contributed by atoms with van der Waals surface area (Å²) in [6.45, 7) is 5.02. The summed E-state index contributed by atoms with van der Waals surface area (Å²) >= 11 is 0. The second-order valence-corrected chi connectivity index (χ2v) is 9.63. The van der Waals surface area contributed by atoms with Gasteiger partial charge in [-0.25, -0.2) is 8.42 Å². The third kappa shape index (κ3) is 6.23. The van der Waals surface area contributed by atoms with Gasteiger partial charge < -0.3 is 15.0 Å². The Balaban J connectivity index is 2.42. The minimum absolute atomic E-state index is 0.120. The first-order valence-electron chi connectivity index (χ1n) is 10.2. The molecule has 0 unspecified atom stereocenters. The minimum atomic E-state index is -3.75. The Kier molecular flexibility index (Phi) is 8.26. The minimum Gasteiger partial charge on any atom is -0.497 e. The van der Waals surface area contributed by atoms with Crippen molar-refractivity contribution in [2.45, 2.75) is 33.4 Å². The van der Waals surface area contributed by atoms with Gasteiger partial charge in [0, 0.05) is 13.6 Å². The fourth-order valence-electron chi connectivity index (χ4n) is 3.44. The average Bonchev–Trinajstić information content (AvgIpc) is 2.74. The lowest BCUT2D eigenvalue weighted by molar-refractivity contribution is -0.139. The van der Waals surface area contributed by atoms with Crippen molar-refractivity contribution in [2.24, 2.45) is 0 Å². The van der Waals surface area contributed by atoms with Crippen molar-refractivity contribution >= 4 is 27.5 Å². The molecule has 2 aromatic rings. The summed E-state index contributed by atoms with van der Waals surface area (Å²) in [7, 11) is -0.715. The second kappa shape index (κ2) is 10.5. The van der Waals surface area contributed by atoms with Crippen LogP contribution in [0.3, 0.4) is 0 Å². The summed E-state index contributed by atoms with van der Waals surface area (Å²) in [4.78, 5) is 27.1. The van der Waals surface area contributed by atoms with Crippen LogP contribution in [0.25, 0.3) is 0 Å². The van der Waals surface area contributed by atoms with Crippen LogP contribution in [0.2, 0.25) is 0 Å². The molecule has 2 aromatic carbocycles. The van der Waals surface area contributed by atoms with E-state index in [0.717, 1.165) is 27.3 Å². The molecule has 0 aliphatic carbocycles. The first-order chi connectivity index (χ1) is 15.0. The second-order valence-electron chi connectivity index (χ2n) is 7.72. The summed E-state index contributed by atoms with van der Waals surface area (Å²) in [6.07, 6.45) is 1.06. The fraction of sp³-hybridized carbons (Fsp3) is 0.391. The van der Waals surface area contributed by atoms with E-state index in [-0.39, 0.29) is 12.5 Å². The highest BCUT2D eigenvalue weighted by atomic mass is 32.2. The van der Waals surface area contributed by atoms with E-state index in [9.17, 15) is 18.0 Å². The van der Waals surface area contributed by atoms with Crippen LogP contribution in [0.15, 0.2) is 42.5 Å². The number of anilines is 1. The normalized spacial score (nSPS) is 12.1. The molecule has 1 N–H and O–H groups in total. The van der Waals surface area contributed by atoms with Gasteiger partial charge in [0.15, 0.2) is 0 Å². The monoisotopic (exact) mass is 461 g/mol. The third-order valence-corrected chi connectivity index (χ3v) is 6.33. The smallest absolute Gasteiger partial charge is 0.244 e. The molecule has 0 aromatic heterocycles. The number of sulfonamides is 1. The number of carbonyl (C=O) groups is 2. The number of nitrogens with zero attached hydrogens (tertiary/aromatic N) is 2. The molecule has 8 nitrogen and oxygen atoms in total. The van der Waals surface area contributed by atoms with E-state index in [0.29, 0.717) is 11.4 Å². The number of benzene rings is 2. The summed E-state index contributed by atoms with van der Waals surface area (Å²) in [5.74, 6) is -0.219. The lowest BCUT2D eigenvalue weighted by Crippen LogP contribution is -2.50. The molecule has 174 valence electrons. The van der Waals surface area contributed by atoms with Crippen LogP contribution < -0.4 is 14.4 Å². The Labute approximate surface area is 190 Å².